The maximum Gasteiger partial charge on any atom is 0.323 e. The van der Waals surface area contributed by atoms with Gasteiger partial charge in [0.15, 0.2) is 0 Å². The van der Waals surface area contributed by atoms with Gasteiger partial charge in [-0.1, -0.05) is 6.92 Å². The first kappa shape index (κ1) is 14.8. The van der Waals surface area contributed by atoms with E-state index in [4.69, 9.17) is 10.5 Å². The Balaban J connectivity index is 2.17. The molecule has 1 saturated heterocycles. The summed E-state index contributed by atoms with van der Waals surface area (Å²) >= 11 is 0. The van der Waals surface area contributed by atoms with Gasteiger partial charge in [0.1, 0.15) is 0 Å². The highest BCUT2D eigenvalue weighted by Gasteiger charge is 2.28. The van der Waals surface area contributed by atoms with Crippen LogP contribution in [0.1, 0.15) is 27.2 Å². The van der Waals surface area contributed by atoms with E-state index in [2.05, 4.69) is 45.6 Å². The lowest BCUT2D eigenvalue weighted by Crippen LogP contribution is -2.55. The monoisotopic (exact) mass is 280 g/mol. The van der Waals surface area contributed by atoms with Crippen LogP contribution in [0.5, 0.6) is 6.01 Å². The first-order valence-corrected chi connectivity index (χ1v) is 7.12. The van der Waals surface area contributed by atoms with Gasteiger partial charge >= 0.3 is 6.01 Å². The van der Waals surface area contributed by atoms with Gasteiger partial charge in [-0.2, -0.15) is 15.0 Å². The van der Waals surface area contributed by atoms with Crippen LogP contribution in [0.3, 0.4) is 0 Å². The molecule has 1 aromatic heterocycles. The number of nitrogen functional groups attached to an aromatic ring is 1. The van der Waals surface area contributed by atoms with Gasteiger partial charge in [-0.25, -0.2) is 0 Å². The Kier molecular flexibility index (Phi) is 4.59. The van der Waals surface area contributed by atoms with E-state index in [1.54, 1.807) is 0 Å². The zero-order valence-electron chi connectivity index (χ0n) is 12.7. The van der Waals surface area contributed by atoms with Crippen LogP contribution < -0.4 is 15.4 Å². The van der Waals surface area contributed by atoms with Crippen LogP contribution in [0.2, 0.25) is 0 Å². The Morgan fingerprint density at radius 2 is 1.85 bits per heavy atom. The molecule has 2 N–H and O–H groups in total. The number of anilines is 2. The summed E-state index contributed by atoms with van der Waals surface area (Å²) in [7, 11) is 2.14. The van der Waals surface area contributed by atoms with Gasteiger partial charge in [0, 0.05) is 25.2 Å². The fourth-order valence-electron chi connectivity index (χ4n) is 2.33. The summed E-state index contributed by atoms with van der Waals surface area (Å²) < 4.78 is 5.46. The number of rotatable bonds is 4. The molecule has 2 unspecified atom stereocenters. The van der Waals surface area contributed by atoms with Crippen LogP contribution in [0.15, 0.2) is 0 Å². The minimum Gasteiger partial charge on any atom is -0.463 e. The van der Waals surface area contributed by atoms with Crippen LogP contribution in [0.4, 0.5) is 11.9 Å². The van der Waals surface area contributed by atoms with E-state index < -0.39 is 0 Å². The fourth-order valence-corrected chi connectivity index (χ4v) is 2.33. The van der Waals surface area contributed by atoms with Gasteiger partial charge in [0.05, 0.1) is 6.61 Å². The molecule has 2 heterocycles. The Hall–Kier alpha value is -1.63. The maximum absolute atomic E-state index is 5.76. The molecule has 1 aliphatic rings. The van der Waals surface area contributed by atoms with Crippen LogP contribution in [-0.4, -0.2) is 58.7 Å². The molecule has 2 rings (SSSR count). The lowest BCUT2D eigenvalue weighted by molar-refractivity contribution is 0.169. The number of ether oxygens (including phenoxy) is 1. The Labute approximate surface area is 120 Å². The van der Waals surface area contributed by atoms with Crippen LogP contribution in [-0.2, 0) is 0 Å². The smallest absolute Gasteiger partial charge is 0.323 e. The summed E-state index contributed by atoms with van der Waals surface area (Å²) in [5.74, 6) is 0.816. The molecule has 1 aliphatic heterocycles. The van der Waals surface area contributed by atoms with Crippen LogP contribution >= 0.6 is 0 Å². The van der Waals surface area contributed by atoms with Crippen LogP contribution in [0, 0.1) is 0 Å². The molecule has 0 radical (unpaired) electrons. The summed E-state index contributed by atoms with van der Waals surface area (Å²) in [6.45, 7) is 8.76. The highest BCUT2D eigenvalue weighted by Crippen LogP contribution is 2.20. The van der Waals surface area contributed by atoms with Gasteiger partial charge in [-0.3, -0.25) is 4.90 Å². The van der Waals surface area contributed by atoms with Crippen LogP contribution in [0.25, 0.3) is 0 Å². The second-order valence-corrected chi connectivity index (χ2v) is 5.39. The predicted octanol–water partition coefficient (Wildman–Crippen LogP) is 0.771. The molecule has 112 valence electrons. The predicted molar refractivity (Wildman–Crippen MR) is 78.9 cm³/mol. The Morgan fingerprint density at radius 3 is 2.45 bits per heavy atom. The molecule has 0 spiro atoms. The third kappa shape index (κ3) is 3.27. The molecular weight excluding hydrogens is 256 g/mol. The van der Waals surface area contributed by atoms with E-state index in [0.29, 0.717) is 30.6 Å². The third-order valence-corrected chi connectivity index (χ3v) is 3.70. The molecule has 7 nitrogen and oxygen atoms in total. The minimum atomic E-state index is 0.209. The highest BCUT2D eigenvalue weighted by molar-refractivity contribution is 5.37. The van der Waals surface area contributed by atoms with E-state index in [1.807, 2.05) is 6.92 Å². The van der Waals surface area contributed by atoms with Gasteiger partial charge in [0.25, 0.3) is 0 Å². The fraction of sp³-hybridized carbons (Fsp3) is 0.769. The van der Waals surface area contributed by atoms with E-state index >= 15 is 0 Å². The Morgan fingerprint density at radius 1 is 1.20 bits per heavy atom. The van der Waals surface area contributed by atoms with Gasteiger partial charge in [0.2, 0.25) is 11.9 Å². The molecule has 1 aromatic rings. The molecule has 0 aromatic carbocycles. The number of nitrogens with zero attached hydrogens (tertiary/aromatic N) is 5. The van der Waals surface area contributed by atoms with E-state index in [9.17, 15) is 0 Å². The molecule has 0 aliphatic carbocycles. The molecule has 7 heteroatoms. The average Bonchev–Trinajstić information content (AvgIpc) is 2.41. The van der Waals surface area contributed by atoms with Crippen molar-refractivity contribution in [1.29, 1.82) is 0 Å². The largest absolute Gasteiger partial charge is 0.463 e. The summed E-state index contributed by atoms with van der Waals surface area (Å²) in [6, 6.07) is 1.20. The SMILES string of the molecule is CCCOc1nc(N)nc(N2CC(C)N(C)C(C)C2)n1. The minimum absolute atomic E-state index is 0.209. The summed E-state index contributed by atoms with van der Waals surface area (Å²) in [4.78, 5) is 17.1. The average molecular weight is 280 g/mol. The van der Waals surface area contributed by atoms with Gasteiger partial charge in [-0.15, -0.1) is 0 Å². The number of hydrogen-bond acceptors (Lipinski definition) is 7. The number of hydrogen-bond donors (Lipinski definition) is 1. The van der Waals surface area contributed by atoms with Crippen molar-refractivity contribution >= 4 is 11.9 Å². The lowest BCUT2D eigenvalue weighted by atomic mass is 10.1. The molecule has 1 fully saturated rings. The zero-order chi connectivity index (χ0) is 14.7. The van der Waals surface area contributed by atoms with E-state index in [0.717, 1.165) is 19.5 Å². The summed E-state index contributed by atoms with van der Waals surface area (Å²) in [5.41, 5.74) is 5.76. The number of likely N-dealkylation sites (N-methyl/N-ethyl adjacent to an activating group) is 1. The highest BCUT2D eigenvalue weighted by atomic mass is 16.5. The van der Waals surface area contributed by atoms with Gasteiger partial charge < -0.3 is 15.4 Å². The van der Waals surface area contributed by atoms with Crippen molar-refractivity contribution < 1.29 is 4.74 Å². The number of nitrogens with two attached hydrogens (primary N) is 1. The van der Waals surface area contributed by atoms with Crippen molar-refractivity contribution in [1.82, 2.24) is 19.9 Å². The van der Waals surface area contributed by atoms with Crippen molar-refractivity contribution in [2.24, 2.45) is 0 Å². The second-order valence-electron chi connectivity index (χ2n) is 5.39. The summed E-state index contributed by atoms with van der Waals surface area (Å²) in [6.07, 6.45) is 0.906. The Bertz CT molecular complexity index is 442. The molecular formula is C13H24N6O. The standard InChI is InChI=1S/C13H24N6O/c1-5-6-20-13-16-11(14)15-12(17-13)19-7-9(2)18(4)10(3)8-19/h9-10H,5-8H2,1-4H3,(H2,14,15,16,17). The van der Waals surface area contributed by atoms with Gasteiger partial charge in [-0.05, 0) is 27.3 Å². The first-order chi connectivity index (χ1) is 9.51. The van der Waals surface area contributed by atoms with E-state index in [1.165, 1.54) is 0 Å². The quantitative estimate of drug-likeness (QED) is 0.872. The second kappa shape index (κ2) is 6.21. The van der Waals surface area contributed by atoms with Crippen molar-refractivity contribution in [2.45, 2.75) is 39.3 Å². The third-order valence-electron chi connectivity index (χ3n) is 3.70. The van der Waals surface area contributed by atoms with Crippen molar-refractivity contribution in [3.05, 3.63) is 0 Å². The summed E-state index contributed by atoms with van der Waals surface area (Å²) in [5, 5.41) is 0. The first-order valence-electron chi connectivity index (χ1n) is 7.12. The van der Waals surface area contributed by atoms with E-state index in [-0.39, 0.29) is 5.95 Å². The molecule has 20 heavy (non-hydrogen) atoms. The lowest BCUT2D eigenvalue weighted by Gasteiger charge is -2.42. The number of aromatic nitrogens is 3. The number of piperazine rings is 1. The van der Waals surface area contributed by atoms with Crippen molar-refractivity contribution in [2.75, 3.05) is 37.4 Å². The van der Waals surface area contributed by atoms with Crippen molar-refractivity contribution in [3.8, 4) is 6.01 Å². The molecule has 2 atom stereocenters. The van der Waals surface area contributed by atoms with Crippen molar-refractivity contribution in [3.63, 3.8) is 0 Å². The maximum atomic E-state index is 5.76. The molecule has 0 saturated carbocycles. The topological polar surface area (TPSA) is 80.4 Å². The molecule has 0 bridgehead atoms. The normalized spacial score (nSPS) is 23.9. The zero-order valence-corrected chi connectivity index (χ0v) is 12.7. The molecule has 0 amide bonds.